The van der Waals surface area contributed by atoms with Gasteiger partial charge in [-0.1, -0.05) is 70.7 Å². The molecular weight excluding hydrogens is 591 g/mol. The lowest BCUT2D eigenvalue weighted by molar-refractivity contribution is -0.143. The van der Waals surface area contributed by atoms with E-state index >= 15 is 0 Å². The summed E-state index contributed by atoms with van der Waals surface area (Å²) in [5.74, 6) is 0. The van der Waals surface area contributed by atoms with E-state index in [1.807, 2.05) is 18.2 Å². The molecule has 2 nitrogen and oxygen atoms in total. The number of benzene rings is 2. The molecule has 0 amide bonds. The summed E-state index contributed by atoms with van der Waals surface area (Å²) < 4.78 is 98.5. The van der Waals surface area contributed by atoms with Crippen molar-refractivity contribution in [2.24, 2.45) is 0 Å². The van der Waals surface area contributed by atoms with Gasteiger partial charge in [-0.05, 0) is 92.4 Å². The summed E-state index contributed by atoms with van der Waals surface area (Å²) in [6.07, 6.45) is 1.34. The Balaban J connectivity index is 1.97. The quantitative estimate of drug-likeness (QED) is 0.220. The van der Waals surface area contributed by atoms with Gasteiger partial charge in [-0.25, -0.2) is 8.51 Å². The summed E-state index contributed by atoms with van der Waals surface area (Å²) in [5.41, 5.74) is -1.26. The predicted molar refractivity (Wildman–Crippen MR) is 161 cm³/mol. The highest BCUT2D eigenvalue weighted by molar-refractivity contribution is 7.84. The molecule has 2 fully saturated rings. The Bertz CT molecular complexity index is 1180. The molecule has 0 aromatic heterocycles. The molecular formula is C32H42F6NOPS. The fourth-order valence-corrected chi connectivity index (χ4v) is 11.9. The lowest BCUT2D eigenvalue weighted by atomic mass is 9.94. The third kappa shape index (κ3) is 7.79. The molecule has 0 aliphatic heterocycles. The second-order valence-electron chi connectivity index (χ2n) is 12.7. The van der Waals surface area contributed by atoms with E-state index < -0.39 is 53.2 Å². The summed E-state index contributed by atoms with van der Waals surface area (Å²) in [5, 5.41) is 1.04. The van der Waals surface area contributed by atoms with E-state index in [4.69, 9.17) is 0 Å². The average molecular weight is 634 g/mol. The lowest BCUT2D eigenvalue weighted by Gasteiger charge is -2.41. The van der Waals surface area contributed by atoms with Gasteiger partial charge in [-0.15, -0.1) is 0 Å². The van der Waals surface area contributed by atoms with Crippen molar-refractivity contribution >= 4 is 24.2 Å². The van der Waals surface area contributed by atoms with E-state index in [1.165, 1.54) is 17.1 Å². The molecule has 0 radical (unpaired) electrons. The van der Waals surface area contributed by atoms with E-state index in [0.29, 0.717) is 16.9 Å². The minimum Gasteiger partial charge on any atom is -0.242 e. The molecule has 42 heavy (non-hydrogen) atoms. The zero-order chi connectivity index (χ0) is 30.9. The molecule has 2 atom stereocenters. The van der Waals surface area contributed by atoms with Gasteiger partial charge in [0, 0.05) is 7.05 Å². The largest absolute Gasteiger partial charge is 0.416 e. The van der Waals surface area contributed by atoms with E-state index in [1.54, 1.807) is 33.9 Å². The molecule has 0 saturated heterocycles. The zero-order valence-electron chi connectivity index (χ0n) is 24.8. The Kier molecular flexibility index (Phi) is 10.6. The van der Waals surface area contributed by atoms with Crippen molar-refractivity contribution < 1.29 is 30.6 Å². The first-order valence-electron chi connectivity index (χ1n) is 14.9. The van der Waals surface area contributed by atoms with Gasteiger partial charge in [-0.2, -0.15) is 26.3 Å². The Hall–Kier alpha value is -1.44. The van der Waals surface area contributed by atoms with Gasteiger partial charge in [0.2, 0.25) is 0 Å². The molecule has 0 unspecified atom stereocenters. The minimum atomic E-state index is -4.97. The van der Waals surface area contributed by atoms with Crippen LogP contribution in [0.1, 0.15) is 113 Å². The van der Waals surface area contributed by atoms with Gasteiger partial charge in [0.25, 0.3) is 0 Å². The molecule has 0 bridgehead atoms. The highest BCUT2D eigenvalue weighted by Crippen LogP contribution is 2.56. The van der Waals surface area contributed by atoms with Crippen molar-refractivity contribution in [3.05, 3.63) is 64.7 Å². The van der Waals surface area contributed by atoms with Crippen molar-refractivity contribution in [3.8, 4) is 0 Å². The van der Waals surface area contributed by atoms with Gasteiger partial charge in [-0.3, -0.25) is 0 Å². The Morgan fingerprint density at radius 2 is 1.21 bits per heavy atom. The van der Waals surface area contributed by atoms with Crippen LogP contribution in [0.5, 0.6) is 0 Å². The van der Waals surface area contributed by atoms with Crippen molar-refractivity contribution in [1.29, 1.82) is 0 Å². The molecule has 0 spiro atoms. The summed E-state index contributed by atoms with van der Waals surface area (Å²) in [7, 11) is -0.905. The second kappa shape index (κ2) is 13.3. The molecule has 4 rings (SSSR count). The van der Waals surface area contributed by atoms with Crippen molar-refractivity contribution in [2.75, 3.05) is 7.05 Å². The molecule has 2 aromatic rings. The number of hydrogen-bond acceptors (Lipinski definition) is 1. The van der Waals surface area contributed by atoms with Crippen molar-refractivity contribution in [3.63, 3.8) is 0 Å². The molecule has 10 heteroatoms. The molecule has 2 aliphatic rings. The van der Waals surface area contributed by atoms with Gasteiger partial charge in [0.05, 0.1) is 21.9 Å². The first kappa shape index (κ1) is 33.5. The summed E-state index contributed by atoms with van der Waals surface area (Å²) >= 11 is 0. The van der Waals surface area contributed by atoms with Gasteiger partial charge < -0.3 is 0 Å². The summed E-state index contributed by atoms with van der Waals surface area (Å²) in [4.78, 5) is 0. The summed E-state index contributed by atoms with van der Waals surface area (Å²) in [6, 6.07) is 8.37. The Morgan fingerprint density at radius 1 is 0.762 bits per heavy atom. The van der Waals surface area contributed by atoms with E-state index in [9.17, 15) is 30.6 Å². The summed E-state index contributed by atoms with van der Waals surface area (Å²) in [6.45, 7) is 5.27. The Morgan fingerprint density at radius 3 is 1.64 bits per heavy atom. The van der Waals surface area contributed by atoms with Crippen molar-refractivity contribution in [2.45, 2.75) is 119 Å². The van der Waals surface area contributed by atoms with Crippen LogP contribution in [0, 0.1) is 0 Å². The number of rotatable bonds is 7. The second-order valence-corrected chi connectivity index (χ2v) is 17.8. The maximum atomic E-state index is 14.0. The number of hydrogen-bond donors (Lipinski definition) is 0. The topological polar surface area (TPSA) is 20.3 Å². The number of alkyl halides is 6. The zero-order valence-corrected chi connectivity index (χ0v) is 26.5. The van der Waals surface area contributed by atoms with Crippen LogP contribution in [-0.2, 0) is 23.3 Å². The molecule has 2 aromatic carbocycles. The highest BCUT2D eigenvalue weighted by Gasteiger charge is 2.41. The standard InChI is InChI=1S/C32H42F6NOPS/c1-30(2,3)42(40)39(4)29(22-19-23(31(33,34)35)21-24(20-22)32(36,37)38)27-17-11-12-18-28(27)41(25-13-7-5-8-14-25)26-15-9-6-10-16-26/h11-12,17-21,25-26,29H,5-10,13-16H2,1-4H3/t29-,42-/m0/s1. The van der Waals surface area contributed by atoms with Gasteiger partial charge in [0.1, 0.15) is 11.0 Å². The van der Waals surface area contributed by atoms with Crippen LogP contribution in [-0.4, -0.2) is 31.6 Å². The van der Waals surface area contributed by atoms with Crippen LogP contribution in [0.25, 0.3) is 0 Å². The predicted octanol–water partition coefficient (Wildman–Crippen LogP) is 9.98. The van der Waals surface area contributed by atoms with Crippen LogP contribution < -0.4 is 5.30 Å². The first-order chi connectivity index (χ1) is 19.6. The smallest absolute Gasteiger partial charge is 0.242 e. The maximum Gasteiger partial charge on any atom is 0.416 e. The van der Waals surface area contributed by atoms with Crippen molar-refractivity contribution in [1.82, 2.24) is 4.31 Å². The third-order valence-corrected chi connectivity index (χ3v) is 13.9. The molecule has 0 heterocycles. The number of nitrogens with zero attached hydrogens (tertiary/aromatic N) is 1. The van der Waals surface area contributed by atoms with Gasteiger partial charge >= 0.3 is 12.4 Å². The molecule has 2 saturated carbocycles. The molecule has 234 valence electrons. The number of halogens is 6. The van der Waals surface area contributed by atoms with Gasteiger partial charge in [0.15, 0.2) is 0 Å². The lowest BCUT2D eigenvalue weighted by Crippen LogP contribution is -2.40. The Labute approximate surface area is 250 Å². The van der Waals surface area contributed by atoms with E-state index in [-0.39, 0.29) is 11.6 Å². The highest BCUT2D eigenvalue weighted by atomic mass is 32.2. The fraction of sp³-hybridized carbons (Fsp3) is 0.625. The normalized spacial score (nSPS) is 19.8. The minimum absolute atomic E-state index is 0.146. The molecule has 2 aliphatic carbocycles. The van der Waals surface area contributed by atoms with E-state index in [0.717, 1.165) is 68.8 Å². The van der Waals surface area contributed by atoms with E-state index in [2.05, 4.69) is 0 Å². The monoisotopic (exact) mass is 633 g/mol. The molecule has 0 N–H and O–H groups in total. The first-order valence-corrected chi connectivity index (χ1v) is 17.5. The average Bonchev–Trinajstić information content (AvgIpc) is 2.93. The fourth-order valence-electron chi connectivity index (χ4n) is 6.61. The van der Waals surface area contributed by atoms with Crippen LogP contribution >= 0.6 is 7.92 Å². The maximum absolute atomic E-state index is 14.0. The van der Waals surface area contributed by atoms with Crippen LogP contribution in [0.15, 0.2) is 42.5 Å². The van der Waals surface area contributed by atoms with Crippen LogP contribution in [0.3, 0.4) is 0 Å². The third-order valence-electron chi connectivity index (χ3n) is 8.52. The van der Waals surface area contributed by atoms with Crippen LogP contribution in [0.4, 0.5) is 26.3 Å². The van der Waals surface area contributed by atoms with Crippen LogP contribution in [0.2, 0.25) is 0 Å². The SMILES string of the molecule is CN([C@@H](c1cc(C(F)(F)F)cc(C(F)(F)F)c1)c1ccccc1P(C1CCCCC1)C1CCCCC1)[S@@](=O)C(C)(C)C.